The lowest BCUT2D eigenvalue weighted by Gasteiger charge is -2.14. The second-order valence-corrected chi connectivity index (χ2v) is 10.6. The third kappa shape index (κ3) is 6.77. The summed E-state index contributed by atoms with van der Waals surface area (Å²) >= 11 is 1.48. The summed E-state index contributed by atoms with van der Waals surface area (Å²) in [7, 11) is 1.44. The lowest BCUT2D eigenvalue weighted by molar-refractivity contribution is -0.113. The highest BCUT2D eigenvalue weighted by atomic mass is 32.2. The van der Waals surface area contributed by atoms with Crippen molar-refractivity contribution in [3.63, 3.8) is 0 Å². The van der Waals surface area contributed by atoms with E-state index >= 15 is 0 Å². The van der Waals surface area contributed by atoms with Crippen LogP contribution in [0.2, 0.25) is 0 Å². The van der Waals surface area contributed by atoms with E-state index in [1.54, 1.807) is 72.8 Å². The molecule has 1 heterocycles. The molecule has 216 valence electrons. The number of anilines is 1. The van der Waals surface area contributed by atoms with E-state index in [4.69, 9.17) is 4.74 Å². The molecule has 9 nitrogen and oxygen atoms in total. The number of nitrogens with one attached hydrogen (secondary N) is 2. The molecule has 0 spiro atoms. The molecule has 3 N–H and O–H groups in total. The van der Waals surface area contributed by atoms with Gasteiger partial charge in [0.05, 0.1) is 18.2 Å². The number of hydrogen-bond donors (Lipinski definition) is 3. The van der Waals surface area contributed by atoms with Crippen LogP contribution >= 0.6 is 11.8 Å². The average Bonchev–Trinajstić information content (AvgIpc) is 3.27. The molecular formula is C33H27N3O6S. The third-order valence-corrected chi connectivity index (χ3v) is 7.61. The van der Waals surface area contributed by atoms with Crippen LogP contribution in [0.25, 0.3) is 6.08 Å². The van der Waals surface area contributed by atoms with Gasteiger partial charge in [0, 0.05) is 40.1 Å². The normalized spacial score (nSPS) is 12.6. The molecular weight excluding hydrogens is 566 g/mol. The Kier molecular flexibility index (Phi) is 8.88. The standard InChI is InChI=1S/C33H27N3O6S/c1-42-29-20-24(37)14-11-22(29)19-28(35-30(38)21-7-3-2-4-8-21)31(39)34-23-12-15-25(16-13-23)43-18-17-36-32(40)26-9-5-6-10-27(26)33(36)41/h2-16,19-20,37H,17-18H2,1H3,(H,34,39)(H,35,38)/b28-19-. The number of benzene rings is 4. The minimum atomic E-state index is -0.564. The SMILES string of the molecule is COc1cc(O)ccc1/C=C(\NC(=O)c1ccccc1)C(=O)Nc1ccc(SCCN2C(=O)c3ccccc3C2=O)cc1. The van der Waals surface area contributed by atoms with Gasteiger partial charge in [0.25, 0.3) is 23.6 Å². The molecule has 1 aliphatic heterocycles. The van der Waals surface area contributed by atoms with Crippen LogP contribution in [0.1, 0.15) is 36.6 Å². The number of phenols is 1. The van der Waals surface area contributed by atoms with Crippen LogP contribution in [0, 0.1) is 0 Å². The van der Waals surface area contributed by atoms with Crippen LogP contribution in [0.5, 0.6) is 11.5 Å². The van der Waals surface area contributed by atoms with Gasteiger partial charge in [0.1, 0.15) is 17.2 Å². The van der Waals surface area contributed by atoms with E-state index in [0.29, 0.717) is 39.4 Å². The number of phenolic OH excluding ortho intramolecular Hbond substituents is 1. The Morgan fingerprint density at radius 2 is 1.53 bits per heavy atom. The van der Waals surface area contributed by atoms with Crippen molar-refractivity contribution in [3.8, 4) is 11.5 Å². The molecule has 0 fully saturated rings. The molecule has 0 saturated carbocycles. The second-order valence-electron chi connectivity index (χ2n) is 9.44. The van der Waals surface area contributed by atoms with Gasteiger partial charge in [0.2, 0.25) is 0 Å². The Labute approximate surface area is 252 Å². The Morgan fingerprint density at radius 1 is 0.884 bits per heavy atom. The van der Waals surface area contributed by atoms with Crippen molar-refractivity contribution in [1.29, 1.82) is 0 Å². The van der Waals surface area contributed by atoms with Crippen molar-refractivity contribution < 1.29 is 29.0 Å². The molecule has 0 aliphatic carbocycles. The fraction of sp³-hybridized carbons (Fsp3) is 0.0909. The summed E-state index contributed by atoms with van der Waals surface area (Å²) in [6.45, 7) is 0.269. The van der Waals surface area contributed by atoms with Crippen LogP contribution < -0.4 is 15.4 Å². The topological polar surface area (TPSA) is 125 Å². The Morgan fingerprint density at radius 3 is 2.19 bits per heavy atom. The average molecular weight is 594 g/mol. The number of aromatic hydroxyl groups is 1. The number of thioether (sulfide) groups is 1. The maximum absolute atomic E-state index is 13.4. The van der Waals surface area contributed by atoms with E-state index in [0.717, 1.165) is 4.90 Å². The molecule has 5 rings (SSSR count). The number of nitrogens with zero attached hydrogens (tertiary/aromatic N) is 1. The Balaban J connectivity index is 1.25. The summed E-state index contributed by atoms with van der Waals surface area (Å²) in [4.78, 5) is 53.5. The van der Waals surface area contributed by atoms with Crippen LogP contribution in [0.15, 0.2) is 108 Å². The van der Waals surface area contributed by atoms with Crippen molar-refractivity contribution in [1.82, 2.24) is 10.2 Å². The largest absolute Gasteiger partial charge is 0.508 e. The van der Waals surface area contributed by atoms with E-state index in [1.165, 1.54) is 42.0 Å². The highest BCUT2D eigenvalue weighted by molar-refractivity contribution is 7.99. The summed E-state index contributed by atoms with van der Waals surface area (Å²) in [5, 5.41) is 15.3. The highest BCUT2D eigenvalue weighted by Crippen LogP contribution is 2.27. The molecule has 43 heavy (non-hydrogen) atoms. The number of carbonyl (C=O) groups is 4. The monoisotopic (exact) mass is 593 g/mol. The number of imide groups is 1. The molecule has 0 unspecified atom stereocenters. The zero-order chi connectivity index (χ0) is 30.3. The van der Waals surface area contributed by atoms with Gasteiger partial charge in [-0.3, -0.25) is 24.1 Å². The van der Waals surface area contributed by atoms with Crippen LogP contribution in [-0.4, -0.2) is 53.0 Å². The number of hydrogen-bond acceptors (Lipinski definition) is 7. The molecule has 1 aliphatic rings. The summed E-state index contributed by atoms with van der Waals surface area (Å²) in [6, 6.07) is 26.8. The number of methoxy groups -OCH3 is 1. The molecule has 0 atom stereocenters. The predicted molar refractivity (Wildman–Crippen MR) is 164 cm³/mol. The van der Waals surface area contributed by atoms with Crippen molar-refractivity contribution in [3.05, 3.63) is 125 Å². The molecule has 10 heteroatoms. The van der Waals surface area contributed by atoms with E-state index in [2.05, 4.69) is 10.6 Å². The summed E-state index contributed by atoms with van der Waals surface area (Å²) in [6.07, 6.45) is 1.47. The highest BCUT2D eigenvalue weighted by Gasteiger charge is 2.34. The second kappa shape index (κ2) is 13.1. The Hall–Kier alpha value is -5.35. The van der Waals surface area contributed by atoms with Gasteiger partial charge in [-0.05, 0) is 66.7 Å². The van der Waals surface area contributed by atoms with E-state index < -0.39 is 11.8 Å². The first-order valence-corrected chi connectivity index (χ1v) is 14.3. The minimum absolute atomic E-state index is 0.00462. The first-order chi connectivity index (χ1) is 20.8. The molecule has 4 amide bonds. The van der Waals surface area contributed by atoms with Crippen molar-refractivity contribution >= 4 is 47.2 Å². The van der Waals surface area contributed by atoms with Crippen LogP contribution in [0.3, 0.4) is 0 Å². The van der Waals surface area contributed by atoms with Gasteiger partial charge >= 0.3 is 0 Å². The molecule has 4 aromatic carbocycles. The lowest BCUT2D eigenvalue weighted by Crippen LogP contribution is -2.31. The van der Waals surface area contributed by atoms with Crippen molar-refractivity contribution in [2.45, 2.75) is 4.90 Å². The summed E-state index contributed by atoms with van der Waals surface area (Å²) in [5.74, 6) is -0.782. The minimum Gasteiger partial charge on any atom is -0.508 e. The maximum atomic E-state index is 13.4. The quantitative estimate of drug-likeness (QED) is 0.131. The third-order valence-electron chi connectivity index (χ3n) is 6.62. The van der Waals surface area contributed by atoms with Crippen LogP contribution in [-0.2, 0) is 4.79 Å². The summed E-state index contributed by atoms with van der Waals surface area (Å²) < 4.78 is 5.33. The van der Waals surface area contributed by atoms with Crippen molar-refractivity contribution in [2.75, 3.05) is 24.7 Å². The maximum Gasteiger partial charge on any atom is 0.272 e. The Bertz CT molecular complexity index is 1690. The molecule has 0 saturated heterocycles. The van der Waals surface area contributed by atoms with E-state index in [1.807, 2.05) is 12.1 Å². The van der Waals surface area contributed by atoms with E-state index in [9.17, 15) is 24.3 Å². The number of carbonyl (C=O) groups excluding carboxylic acids is 4. The number of fused-ring (bicyclic) bond motifs is 1. The smallest absolute Gasteiger partial charge is 0.272 e. The van der Waals surface area contributed by atoms with Gasteiger partial charge in [-0.2, -0.15) is 0 Å². The van der Waals surface area contributed by atoms with Gasteiger partial charge in [-0.25, -0.2) is 0 Å². The van der Waals surface area contributed by atoms with Gasteiger partial charge in [-0.15, -0.1) is 11.8 Å². The van der Waals surface area contributed by atoms with Gasteiger partial charge in [0.15, 0.2) is 0 Å². The molecule has 4 aromatic rings. The number of ether oxygens (including phenoxy) is 1. The van der Waals surface area contributed by atoms with Gasteiger partial charge in [-0.1, -0.05) is 30.3 Å². The van der Waals surface area contributed by atoms with E-state index in [-0.39, 0.29) is 29.8 Å². The molecule has 0 aromatic heterocycles. The predicted octanol–water partition coefficient (Wildman–Crippen LogP) is 5.20. The fourth-order valence-electron chi connectivity index (χ4n) is 4.45. The van der Waals surface area contributed by atoms with Gasteiger partial charge < -0.3 is 20.5 Å². The number of rotatable bonds is 10. The summed E-state index contributed by atoms with van der Waals surface area (Å²) in [5.41, 5.74) is 2.17. The molecule has 0 bridgehead atoms. The van der Waals surface area contributed by atoms with Crippen LogP contribution in [0.4, 0.5) is 5.69 Å². The molecule has 0 radical (unpaired) electrons. The number of amides is 4. The zero-order valence-electron chi connectivity index (χ0n) is 23.1. The fourth-order valence-corrected chi connectivity index (χ4v) is 5.29. The zero-order valence-corrected chi connectivity index (χ0v) is 23.9. The first-order valence-electron chi connectivity index (χ1n) is 13.3. The lowest BCUT2D eigenvalue weighted by atomic mass is 10.1. The van der Waals surface area contributed by atoms with Crippen molar-refractivity contribution in [2.24, 2.45) is 0 Å². The first kappa shape index (κ1) is 29.2.